The van der Waals surface area contributed by atoms with Crippen molar-refractivity contribution in [2.45, 2.75) is 72.1 Å². The Morgan fingerprint density at radius 1 is 0.800 bits per heavy atom. The van der Waals surface area contributed by atoms with Crippen molar-refractivity contribution in [2.75, 3.05) is 6.61 Å². The highest BCUT2D eigenvalue weighted by atomic mass is 16.3. The highest BCUT2D eigenvalue weighted by Crippen LogP contribution is 2.19. The minimum atomic E-state index is 0.353. The summed E-state index contributed by atoms with van der Waals surface area (Å²) in [6.45, 7) is 7.24. The van der Waals surface area contributed by atoms with E-state index in [0.717, 1.165) is 12.3 Å². The van der Waals surface area contributed by atoms with E-state index in [9.17, 15) is 0 Å². The van der Waals surface area contributed by atoms with Crippen LogP contribution >= 0.6 is 0 Å². The summed E-state index contributed by atoms with van der Waals surface area (Å²) in [4.78, 5) is 0. The van der Waals surface area contributed by atoms with Gasteiger partial charge in [0.2, 0.25) is 0 Å². The van der Waals surface area contributed by atoms with E-state index < -0.39 is 0 Å². The number of unbranched alkanes of at least 4 members (excludes halogenated alkanes) is 3. The molecule has 0 aromatic carbocycles. The van der Waals surface area contributed by atoms with E-state index in [0.29, 0.717) is 12.5 Å². The van der Waals surface area contributed by atoms with Crippen molar-refractivity contribution in [2.24, 2.45) is 11.8 Å². The monoisotopic (exact) mass is 214 g/mol. The molecule has 0 saturated heterocycles. The molecule has 0 fully saturated rings. The molecule has 0 heterocycles. The van der Waals surface area contributed by atoms with Crippen molar-refractivity contribution in [3.8, 4) is 0 Å². The van der Waals surface area contributed by atoms with Crippen LogP contribution in [-0.2, 0) is 0 Å². The van der Waals surface area contributed by atoms with Crippen LogP contribution in [-0.4, -0.2) is 11.7 Å². The van der Waals surface area contributed by atoms with Gasteiger partial charge in [0.05, 0.1) is 0 Å². The summed E-state index contributed by atoms with van der Waals surface area (Å²) >= 11 is 0. The molecule has 0 aliphatic heterocycles. The Kier molecular flexibility index (Phi) is 10.4. The molecule has 0 aromatic heterocycles. The maximum Gasteiger partial charge on any atom is 0.0433 e. The Labute approximate surface area is 96.3 Å². The molecular weight excluding hydrogens is 184 g/mol. The molecule has 0 amide bonds. The lowest BCUT2D eigenvalue weighted by Gasteiger charge is -2.14. The van der Waals surface area contributed by atoms with Crippen molar-refractivity contribution in [3.63, 3.8) is 0 Å². The van der Waals surface area contributed by atoms with E-state index in [4.69, 9.17) is 5.11 Å². The van der Waals surface area contributed by atoms with E-state index in [2.05, 4.69) is 20.8 Å². The number of hydrogen-bond acceptors (Lipinski definition) is 1. The van der Waals surface area contributed by atoms with E-state index in [1.54, 1.807) is 0 Å². The van der Waals surface area contributed by atoms with Crippen LogP contribution in [0.5, 0.6) is 0 Å². The first-order chi connectivity index (χ1) is 7.20. The van der Waals surface area contributed by atoms with Crippen LogP contribution in [0, 0.1) is 11.8 Å². The molecule has 2 unspecified atom stereocenters. The molecule has 0 aliphatic carbocycles. The zero-order valence-corrected chi connectivity index (χ0v) is 11.0. The summed E-state index contributed by atoms with van der Waals surface area (Å²) in [6, 6.07) is 0. The van der Waals surface area contributed by atoms with E-state index >= 15 is 0 Å². The van der Waals surface area contributed by atoms with Gasteiger partial charge in [0, 0.05) is 6.61 Å². The largest absolute Gasteiger partial charge is 0.396 e. The summed E-state index contributed by atoms with van der Waals surface area (Å²) < 4.78 is 0. The van der Waals surface area contributed by atoms with Crippen LogP contribution in [0.4, 0.5) is 0 Å². The number of aliphatic hydroxyl groups is 1. The third-order valence-corrected chi connectivity index (χ3v) is 3.32. The highest BCUT2D eigenvalue weighted by Gasteiger charge is 2.06. The van der Waals surface area contributed by atoms with Gasteiger partial charge in [-0.3, -0.25) is 0 Å². The predicted octanol–water partition coefficient (Wildman–Crippen LogP) is 4.39. The normalized spacial score (nSPS) is 15.2. The van der Waals surface area contributed by atoms with E-state index in [1.807, 2.05) is 0 Å². The lowest BCUT2D eigenvalue weighted by Crippen LogP contribution is -2.02. The third-order valence-electron chi connectivity index (χ3n) is 3.32. The fourth-order valence-electron chi connectivity index (χ4n) is 2.00. The predicted molar refractivity (Wildman–Crippen MR) is 68.0 cm³/mol. The van der Waals surface area contributed by atoms with E-state index in [1.165, 1.54) is 44.9 Å². The third kappa shape index (κ3) is 10.2. The van der Waals surface area contributed by atoms with Crippen molar-refractivity contribution in [1.29, 1.82) is 0 Å². The van der Waals surface area contributed by atoms with Gasteiger partial charge in [0.25, 0.3) is 0 Å². The Morgan fingerprint density at radius 3 is 1.93 bits per heavy atom. The number of aliphatic hydroxyl groups excluding tert-OH is 1. The van der Waals surface area contributed by atoms with Gasteiger partial charge in [-0.1, -0.05) is 65.7 Å². The fraction of sp³-hybridized carbons (Fsp3) is 1.00. The van der Waals surface area contributed by atoms with Crippen LogP contribution in [0.2, 0.25) is 0 Å². The smallest absolute Gasteiger partial charge is 0.0433 e. The average molecular weight is 214 g/mol. The van der Waals surface area contributed by atoms with Crippen LogP contribution in [0.25, 0.3) is 0 Å². The molecule has 92 valence electrons. The maximum atomic E-state index is 8.80. The summed E-state index contributed by atoms with van der Waals surface area (Å²) in [5.74, 6) is 1.58. The van der Waals surface area contributed by atoms with Crippen LogP contribution in [0.1, 0.15) is 72.1 Å². The minimum Gasteiger partial charge on any atom is -0.396 e. The van der Waals surface area contributed by atoms with Crippen molar-refractivity contribution < 1.29 is 5.11 Å². The highest BCUT2D eigenvalue weighted by molar-refractivity contribution is 4.58. The lowest BCUT2D eigenvalue weighted by atomic mass is 9.92. The summed E-state index contributed by atoms with van der Waals surface area (Å²) in [5, 5.41) is 8.80. The zero-order valence-electron chi connectivity index (χ0n) is 11.0. The van der Waals surface area contributed by atoms with Gasteiger partial charge < -0.3 is 5.11 Å². The first-order valence-electron chi connectivity index (χ1n) is 6.81. The standard InChI is InChI=1S/C14H30O/c1-4-5-6-7-8-13(2)9-10-14(3)11-12-15/h13-15H,4-12H2,1-3H3. The molecule has 0 rings (SSSR count). The van der Waals surface area contributed by atoms with Crippen molar-refractivity contribution in [1.82, 2.24) is 0 Å². The Bertz CT molecular complexity index is 123. The van der Waals surface area contributed by atoms with Gasteiger partial charge in [-0.2, -0.15) is 0 Å². The SMILES string of the molecule is CCCCCCC(C)CCC(C)CCO. The zero-order chi connectivity index (χ0) is 11.5. The summed E-state index contributed by atoms with van der Waals surface area (Å²) in [6.07, 6.45) is 10.5. The van der Waals surface area contributed by atoms with Gasteiger partial charge in [-0.15, -0.1) is 0 Å². The second-order valence-corrected chi connectivity index (χ2v) is 5.15. The topological polar surface area (TPSA) is 20.2 Å². The lowest BCUT2D eigenvalue weighted by molar-refractivity contribution is 0.252. The van der Waals surface area contributed by atoms with Crippen LogP contribution in [0.3, 0.4) is 0 Å². The minimum absolute atomic E-state index is 0.353. The van der Waals surface area contributed by atoms with Crippen LogP contribution < -0.4 is 0 Å². The molecule has 0 aliphatic rings. The second kappa shape index (κ2) is 10.5. The first kappa shape index (κ1) is 15.0. The molecule has 15 heavy (non-hydrogen) atoms. The summed E-state index contributed by atoms with van der Waals surface area (Å²) in [7, 11) is 0. The maximum absolute atomic E-state index is 8.80. The van der Waals surface area contributed by atoms with Crippen molar-refractivity contribution in [3.05, 3.63) is 0 Å². The van der Waals surface area contributed by atoms with Crippen LogP contribution in [0.15, 0.2) is 0 Å². The molecule has 1 N–H and O–H groups in total. The van der Waals surface area contributed by atoms with Crippen molar-refractivity contribution >= 4 is 0 Å². The first-order valence-corrected chi connectivity index (χ1v) is 6.81. The molecule has 0 saturated carbocycles. The van der Waals surface area contributed by atoms with E-state index in [-0.39, 0.29) is 0 Å². The Balaban J connectivity index is 3.28. The fourth-order valence-corrected chi connectivity index (χ4v) is 2.00. The molecule has 2 atom stereocenters. The number of rotatable bonds is 10. The van der Waals surface area contributed by atoms with Gasteiger partial charge >= 0.3 is 0 Å². The Hall–Kier alpha value is -0.0400. The number of hydrogen-bond donors (Lipinski definition) is 1. The average Bonchev–Trinajstić information content (AvgIpc) is 2.22. The molecular formula is C14H30O. The van der Waals surface area contributed by atoms with Gasteiger partial charge in [-0.25, -0.2) is 0 Å². The second-order valence-electron chi connectivity index (χ2n) is 5.15. The summed E-state index contributed by atoms with van der Waals surface area (Å²) in [5.41, 5.74) is 0. The molecule has 0 radical (unpaired) electrons. The Morgan fingerprint density at radius 2 is 1.40 bits per heavy atom. The molecule has 0 spiro atoms. The van der Waals surface area contributed by atoms with Gasteiger partial charge in [0.1, 0.15) is 0 Å². The quantitative estimate of drug-likeness (QED) is 0.535. The molecule has 1 nitrogen and oxygen atoms in total. The molecule has 1 heteroatoms. The molecule has 0 aromatic rings. The van der Waals surface area contributed by atoms with Gasteiger partial charge in [0.15, 0.2) is 0 Å². The van der Waals surface area contributed by atoms with Gasteiger partial charge in [-0.05, 0) is 18.3 Å². The molecule has 0 bridgehead atoms.